The predicted octanol–water partition coefficient (Wildman–Crippen LogP) is 1.84. The van der Waals surface area contributed by atoms with Crippen molar-refractivity contribution in [3.05, 3.63) is 28.2 Å². The van der Waals surface area contributed by atoms with Gasteiger partial charge in [-0.2, -0.15) is 0 Å². The van der Waals surface area contributed by atoms with Crippen LogP contribution in [0, 0.1) is 0 Å². The molecular formula is C15H21BrN2O3. The summed E-state index contributed by atoms with van der Waals surface area (Å²) in [7, 11) is 0. The van der Waals surface area contributed by atoms with E-state index in [1.165, 1.54) is 0 Å². The molecule has 1 aromatic rings. The fourth-order valence-electron chi connectivity index (χ4n) is 2.52. The summed E-state index contributed by atoms with van der Waals surface area (Å²) in [6.45, 7) is 5.77. The van der Waals surface area contributed by atoms with Crippen LogP contribution in [0.25, 0.3) is 0 Å². The SMILES string of the molecule is CCNC(=O)C1COCCN1c1cc(Br)ccc1C(C)O. The smallest absolute Gasteiger partial charge is 0.245 e. The van der Waals surface area contributed by atoms with Gasteiger partial charge in [0.2, 0.25) is 5.91 Å². The second-order valence-corrected chi connectivity index (χ2v) is 5.97. The zero-order valence-electron chi connectivity index (χ0n) is 12.3. The van der Waals surface area contributed by atoms with Crippen LogP contribution in [-0.2, 0) is 9.53 Å². The van der Waals surface area contributed by atoms with Crippen molar-refractivity contribution < 1.29 is 14.6 Å². The van der Waals surface area contributed by atoms with Crippen molar-refractivity contribution in [2.24, 2.45) is 0 Å². The summed E-state index contributed by atoms with van der Waals surface area (Å²) in [5, 5.41) is 12.8. The number of hydrogen-bond donors (Lipinski definition) is 2. The molecule has 1 aliphatic heterocycles. The Morgan fingerprint density at radius 3 is 3.05 bits per heavy atom. The predicted molar refractivity (Wildman–Crippen MR) is 85.4 cm³/mol. The monoisotopic (exact) mass is 356 g/mol. The summed E-state index contributed by atoms with van der Waals surface area (Å²) >= 11 is 3.46. The van der Waals surface area contributed by atoms with E-state index in [1.807, 2.05) is 30.0 Å². The Morgan fingerprint density at radius 2 is 2.38 bits per heavy atom. The molecule has 6 heteroatoms. The average Bonchev–Trinajstić information content (AvgIpc) is 2.47. The van der Waals surface area contributed by atoms with Gasteiger partial charge in [0.1, 0.15) is 6.04 Å². The molecule has 2 unspecified atom stereocenters. The number of carbonyl (C=O) groups is 1. The minimum absolute atomic E-state index is 0.0475. The largest absolute Gasteiger partial charge is 0.389 e. The summed E-state index contributed by atoms with van der Waals surface area (Å²) in [6.07, 6.45) is -0.592. The Hall–Kier alpha value is -1.11. The second-order valence-electron chi connectivity index (χ2n) is 5.06. The number of benzene rings is 1. The molecule has 1 aliphatic rings. The van der Waals surface area contributed by atoms with Crippen LogP contribution in [0.15, 0.2) is 22.7 Å². The quantitative estimate of drug-likeness (QED) is 0.863. The number of amides is 1. The highest BCUT2D eigenvalue weighted by atomic mass is 79.9. The van der Waals surface area contributed by atoms with Crippen molar-refractivity contribution in [2.45, 2.75) is 26.0 Å². The van der Waals surface area contributed by atoms with E-state index in [2.05, 4.69) is 21.2 Å². The van der Waals surface area contributed by atoms with Crippen LogP contribution in [0.2, 0.25) is 0 Å². The van der Waals surface area contributed by atoms with Crippen molar-refractivity contribution in [2.75, 3.05) is 31.2 Å². The molecule has 0 aromatic heterocycles. The molecule has 1 heterocycles. The maximum Gasteiger partial charge on any atom is 0.245 e. The summed E-state index contributed by atoms with van der Waals surface area (Å²) in [4.78, 5) is 14.3. The van der Waals surface area contributed by atoms with Crippen LogP contribution in [0.1, 0.15) is 25.5 Å². The molecule has 0 saturated carbocycles. The topological polar surface area (TPSA) is 61.8 Å². The van der Waals surface area contributed by atoms with Crippen LogP contribution in [0.4, 0.5) is 5.69 Å². The molecule has 1 aromatic carbocycles. The van der Waals surface area contributed by atoms with Gasteiger partial charge in [-0.1, -0.05) is 22.0 Å². The standard InChI is InChI=1S/C15H21BrN2O3/c1-3-17-15(20)14-9-21-7-6-18(14)13-8-11(16)4-5-12(13)10(2)19/h4-5,8,10,14,19H,3,6-7,9H2,1-2H3,(H,17,20). The molecule has 1 fully saturated rings. The average molecular weight is 357 g/mol. The molecule has 116 valence electrons. The van der Waals surface area contributed by atoms with Gasteiger partial charge < -0.3 is 20.1 Å². The first-order valence-corrected chi connectivity index (χ1v) is 7.93. The number of nitrogens with one attached hydrogen (secondary N) is 1. The molecule has 1 saturated heterocycles. The number of morpholine rings is 1. The summed E-state index contributed by atoms with van der Waals surface area (Å²) in [5.41, 5.74) is 1.69. The normalized spacial score (nSPS) is 20.2. The highest BCUT2D eigenvalue weighted by Crippen LogP contribution is 2.31. The first-order chi connectivity index (χ1) is 10.0. The Morgan fingerprint density at radius 1 is 1.62 bits per heavy atom. The Bertz CT molecular complexity index is 508. The van der Waals surface area contributed by atoms with E-state index in [0.717, 1.165) is 15.7 Å². The van der Waals surface area contributed by atoms with Gasteiger partial charge in [-0.05, 0) is 26.0 Å². The van der Waals surface area contributed by atoms with Gasteiger partial charge in [0.05, 0.1) is 19.3 Å². The second kappa shape index (κ2) is 7.24. The maximum atomic E-state index is 12.2. The number of halogens is 1. The lowest BCUT2D eigenvalue weighted by Gasteiger charge is -2.37. The Kier molecular flexibility index (Phi) is 5.61. The van der Waals surface area contributed by atoms with Crippen molar-refractivity contribution >= 4 is 27.5 Å². The number of ether oxygens (including phenoxy) is 1. The Labute approximate surface area is 133 Å². The van der Waals surface area contributed by atoms with Gasteiger partial charge in [-0.25, -0.2) is 0 Å². The molecule has 2 N–H and O–H groups in total. The van der Waals surface area contributed by atoms with Crippen LogP contribution >= 0.6 is 15.9 Å². The molecule has 0 aliphatic carbocycles. The van der Waals surface area contributed by atoms with E-state index in [4.69, 9.17) is 4.74 Å². The molecule has 21 heavy (non-hydrogen) atoms. The van der Waals surface area contributed by atoms with E-state index in [0.29, 0.717) is 26.3 Å². The third-order valence-electron chi connectivity index (χ3n) is 3.53. The third kappa shape index (κ3) is 3.75. The van der Waals surface area contributed by atoms with Gasteiger partial charge in [-0.3, -0.25) is 4.79 Å². The minimum Gasteiger partial charge on any atom is -0.389 e. The van der Waals surface area contributed by atoms with Crippen molar-refractivity contribution in [1.29, 1.82) is 0 Å². The first-order valence-electron chi connectivity index (χ1n) is 7.14. The molecule has 2 rings (SSSR count). The number of likely N-dealkylation sites (N-methyl/N-ethyl adjacent to an activating group) is 1. The van der Waals surface area contributed by atoms with E-state index in [-0.39, 0.29) is 11.9 Å². The van der Waals surface area contributed by atoms with Gasteiger partial charge in [0.25, 0.3) is 0 Å². The van der Waals surface area contributed by atoms with Crippen molar-refractivity contribution in [1.82, 2.24) is 5.32 Å². The van der Waals surface area contributed by atoms with Crippen molar-refractivity contribution in [3.8, 4) is 0 Å². The highest BCUT2D eigenvalue weighted by molar-refractivity contribution is 9.10. The summed E-state index contributed by atoms with van der Waals surface area (Å²) in [5.74, 6) is -0.0475. The van der Waals surface area contributed by atoms with Gasteiger partial charge >= 0.3 is 0 Å². The maximum absolute atomic E-state index is 12.2. The van der Waals surface area contributed by atoms with E-state index >= 15 is 0 Å². The van der Waals surface area contributed by atoms with Gasteiger partial charge in [0.15, 0.2) is 0 Å². The molecule has 0 spiro atoms. The lowest BCUT2D eigenvalue weighted by Crippen LogP contribution is -2.54. The minimum atomic E-state index is -0.592. The van der Waals surface area contributed by atoms with Gasteiger partial charge in [0, 0.05) is 28.8 Å². The molecule has 2 atom stereocenters. The Balaban J connectivity index is 2.37. The van der Waals surface area contributed by atoms with Crippen LogP contribution in [0.3, 0.4) is 0 Å². The lowest BCUT2D eigenvalue weighted by molar-refractivity contribution is -0.124. The molecule has 0 radical (unpaired) electrons. The lowest BCUT2D eigenvalue weighted by atomic mass is 10.0. The fraction of sp³-hybridized carbons (Fsp3) is 0.533. The molecule has 0 bridgehead atoms. The number of aliphatic hydroxyl groups is 1. The van der Waals surface area contributed by atoms with E-state index in [9.17, 15) is 9.90 Å². The fourth-order valence-corrected chi connectivity index (χ4v) is 2.87. The molecular weight excluding hydrogens is 336 g/mol. The number of carbonyl (C=O) groups excluding carboxylic acids is 1. The van der Waals surface area contributed by atoms with Crippen LogP contribution in [0.5, 0.6) is 0 Å². The van der Waals surface area contributed by atoms with Crippen molar-refractivity contribution in [3.63, 3.8) is 0 Å². The number of aliphatic hydroxyl groups excluding tert-OH is 1. The number of hydrogen-bond acceptors (Lipinski definition) is 4. The van der Waals surface area contributed by atoms with E-state index < -0.39 is 6.10 Å². The van der Waals surface area contributed by atoms with Gasteiger partial charge in [-0.15, -0.1) is 0 Å². The third-order valence-corrected chi connectivity index (χ3v) is 4.03. The zero-order valence-corrected chi connectivity index (χ0v) is 13.9. The first kappa shape index (κ1) is 16.3. The summed E-state index contributed by atoms with van der Waals surface area (Å²) in [6, 6.07) is 5.35. The zero-order chi connectivity index (χ0) is 15.4. The number of anilines is 1. The van der Waals surface area contributed by atoms with E-state index in [1.54, 1.807) is 6.92 Å². The molecule has 1 amide bonds. The summed E-state index contributed by atoms with van der Waals surface area (Å²) < 4.78 is 6.37. The van der Waals surface area contributed by atoms with Crippen LogP contribution < -0.4 is 10.2 Å². The molecule has 5 nitrogen and oxygen atoms in total. The highest BCUT2D eigenvalue weighted by Gasteiger charge is 2.31. The number of rotatable bonds is 4. The number of nitrogens with zero attached hydrogens (tertiary/aromatic N) is 1. The van der Waals surface area contributed by atoms with Crippen LogP contribution in [-0.4, -0.2) is 43.4 Å².